The van der Waals surface area contributed by atoms with Crippen molar-refractivity contribution >= 4 is 28.9 Å². The molecule has 0 saturated carbocycles. The number of carbonyl (C=O) groups is 2. The van der Waals surface area contributed by atoms with Gasteiger partial charge >= 0.3 is 0 Å². The Morgan fingerprint density at radius 1 is 0.733 bits per heavy atom. The molecule has 0 aromatic heterocycles. The minimum absolute atomic E-state index is 0.0292. The number of amides is 2. The number of nitrogens with one attached hydrogen (secondary N) is 3. The molecule has 154 valence electrons. The molecule has 6 nitrogen and oxygen atoms in total. The van der Waals surface area contributed by atoms with E-state index < -0.39 is 0 Å². The van der Waals surface area contributed by atoms with Gasteiger partial charge in [0.2, 0.25) is 11.8 Å². The molecule has 0 bridgehead atoms. The molecule has 3 rings (SSSR count). The summed E-state index contributed by atoms with van der Waals surface area (Å²) in [6.07, 6.45) is 1.13. The van der Waals surface area contributed by atoms with Gasteiger partial charge in [0.05, 0.1) is 13.7 Å². The molecule has 0 spiro atoms. The van der Waals surface area contributed by atoms with E-state index in [1.807, 2.05) is 54.6 Å². The molecule has 0 aliphatic heterocycles. The van der Waals surface area contributed by atoms with E-state index in [2.05, 4.69) is 16.0 Å². The summed E-state index contributed by atoms with van der Waals surface area (Å²) >= 11 is 0. The predicted octanol–water partition coefficient (Wildman–Crippen LogP) is 4.32. The van der Waals surface area contributed by atoms with Crippen LogP contribution in [-0.2, 0) is 16.0 Å². The Kier molecular flexibility index (Phi) is 7.44. The van der Waals surface area contributed by atoms with Gasteiger partial charge in [0, 0.05) is 23.5 Å². The number of hydrogen-bond acceptors (Lipinski definition) is 4. The van der Waals surface area contributed by atoms with Crippen LogP contribution < -0.4 is 20.7 Å². The van der Waals surface area contributed by atoms with Crippen LogP contribution >= 0.6 is 0 Å². The molecule has 0 radical (unpaired) electrons. The van der Waals surface area contributed by atoms with Crippen LogP contribution in [0.15, 0.2) is 78.9 Å². The van der Waals surface area contributed by atoms with E-state index in [1.165, 1.54) is 0 Å². The largest absolute Gasteiger partial charge is 0.497 e. The van der Waals surface area contributed by atoms with Crippen LogP contribution in [-0.4, -0.2) is 25.5 Å². The third-order valence-electron chi connectivity index (χ3n) is 4.48. The number of benzene rings is 3. The van der Waals surface area contributed by atoms with E-state index in [-0.39, 0.29) is 18.4 Å². The first-order valence-electron chi connectivity index (χ1n) is 9.74. The van der Waals surface area contributed by atoms with Crippen LogP contribution in [0.2, 0.25) is 0 Å². The van der Waals surface area contributed by atoms with Crippen LogP contribution in [0.25, 0.3) is 0 Å². The van der Waals surface area contributed by atoms with Crippen molar-refractivity contribution in [3.8, 4) is 5.75 Å². The Hall–Kier alpha value is -3.80. The molecule has 2 amide bonds. The van der Waals surface area contributed by atoms with Crippen LogP contribution in [0.1, 0.15) is 12.0 Å². The van der Waals surface area contributed by atoms with Crippen molar-refractivity contribution in [3.05, 3.63) is 84.4 Å². The summed E-state index contributed by atoms with van der Waals surface area (Å²) in [5, 5.41) is 8.77. The smallest absolute Gasteiger partial charge is 0.243 e. The lowest BCUT2D eigenvalue weighted by molar-refractivity contribution is -0.116. The lowest BCUT2D eigenvalue weighted by Crippen LogP contribution is -2.21. The molecular formula is C24H25N3O3. The van der Waals surface area contributed by atoms with Gasteiger partial charge in [0.25, 0.3) is 0 Å². The third-order valence-corrected chi connectivity index (χ3v) is 4.48. The highest BCUT2D eigenvalue weighted by atomic mass is 16.5. The summed E-state index contributed by atoms with van der Waals surface area (Å²) in [4.78, 5) is 24.2. The van der Waals surface area contributed by atoms with Crippen molar-refractivity contribution in [2.75, 3.05) is 29.6 Å². The van der Waals surface area contributed by atoms with Gasteiger partial charge in [-0.3, -0.25) is 9.59 Å². The quantitative estimate of drug-likeness (QED) is 0.497. The lowest BCUT2D eigenvalue weighted by atomic mass is 10.1. The number of hydrogen-bond donors (Lipinski definition) is 3. The number of methoxy groups -OCH3 is 1. The topological polar surface area (TPSA) is 79.5 Å². The highest BCUT2D eigenvalue weighted by molar-refractivity contribution is 5.94. The van der Waals surface area contributed by atoms with Crippen LogP contribution in [0.5, 0.6) is 5.75 Å². The van der Waals surface area contributed by atoms with Gasteiger partial charge in [-0.2, -0.15) is 0 Å². The SMILES string of the molecule is COc1ccc(NC(=O)CNc2ccc(NC(=O)CCc3ccccc3)cc2)cc1. The summed E-state index contributed by atoms with van der Waals surface area (Å²) in [7, 11) is 1.60. The Labute approximate surface area is 176 Å². The zero-order chi connectivity index (χ0) is 21.2. The number of carbonyl (C=O) groups excluding carboxylic acids is 2. The van der Waals surface area contributed by atoms with Crippen molar-refractivity contribution in [2.24, 2.45) is 0 Å². The van der Waals surface area contributed by atoms with Gasteiger partial charge in [-0.15, -0.1) is 0 Å². The maximum atomic E-state index is 12.1. The highest BCUT2D eigenvalue weighted by Gasteiger charge is 2.05. The second-order valence-corrected chi connectivity index (χ2v) is 6.74. The van der Waals surface area contributed by atoms with Gasteiger partial charge in [-0.25, -0.2) is 0 Å². The second-order valence-electron chi connectivity index (χ2n) is 6.74. The van der Waals surface area contributed by atoms with E-state index in [1.54, 1.807) is 31.4 Å². The second kappa shape index (κ2) is 10.7. The standard InChI is InChI=1S/C24H25N3O3/c1-30-22-14-12-21(13-15-22)27-24(29)17-25-19-8-10-20(11-9-19)26-23(28)16-7-18-5-3-2-4-6-18/h2-6,8-15,25H,7,16-17H2,1H3,(H,26,28)(H,27,29). The van der Waals surface area contributed by atoms with Crippen LogP contribution in [0.4, 0.5) is 17.1 Å². The highest BCUT2D eigenvalue weighted by Crippen LogP contribution is 2.16. The van der Waals surface area contributed by atoms with Gasteiger partial charge in [-0.1, -0.05) is 30.3 Å². The maximum Gasteiger partial charge on any atom is 0.243 e. The first-order chi connectivity index (χ1) is 14.6. The molecule has 3 aromatic rings. The fraction of sp³-hybridized carbons (Fsp3) is 0.167. The molecule has 30 heavy (non-hydrogen) atoms. The first kappa shape index (κ1) is 20.9. The van der Waals surface area contributed by atoms with E-state index in [9.17, 15) is 9.59 Å². The monoisotopic (exact) mass is 403 g/mol. The number of rotatable bonds is 9. The van der Waals surface area contributed by atoms with E-state index in [0.29, 0.717) is 18.5 Å². The number of ether oxygens (including phenoxy) is 1. The zero-order valence-electron chi connectivity index (χ0n) is 16.9. The Morgan fingerprint density at radius 2 is 1.30 bits per heavy atom. The van der Waals surface area contributed by atoms with E-state index in [4.69, 9.17) is 4.74 Å². The molecule has 3 aromatic carbocycles. The van der Waals surface area contributed by atoms with Crippen molar-refractivity contribution in [2.45, 2.75) is 12.8 Å². The van der Waals surface area contributed by atoms with Crippen molar-refractivity contribution < 1.29 is 14.3 Å². The molecule has 0 atom stereocenters. The molecule has 0 aliphatic rings. The normalized spacial score (nSPS) is 10.2. The summed E-state index contributed by atoms with van der Waals surface area (Å²) < 4.78 is 5.10. The first-order valence-corrected chi connectivity index (χ1v) is 9.74. The minimum Gasteiger partial charge on any atom is -0.497 e. The van der Waals surface area contributed by atoms with Crippen molar-refractivity contribution in [3.63, 3.8) is 0 Å². The minimum atomic E-state index is -0.154. The van der Waals surface area contributed by atoms with Crippen LogP contribution in [0, 0.1) is 0 Å². The Bertz CT molecular complexity index is 955. The van der Waals surface area contributed by atoms with Crippen LogP contribution in [0.3, 0.4) is 0 Å². The number of aryl methyl sites for hydroxylation is 1. The summed E-state index contributed by atoms with van der Waals surface area (Å²) in [5.74, 6) is 0.551. The fourth-order valence-electron chi connectivity index (χ4n) is 2.86. The van der Waals surface area contributed by atoms with Gasteiger partial charge < -0.3 is 20.7 Å². The molecule has 0 heterocycles. The summed E-state index contributed by atoms with van der Waals surface area (Å²) in [5.41, 5.74) is 3.36. The molecule has 0 saturated heterocycles. The third kappa shape index (κ3) is 6.67. The maximum absolute atomic E-state index is 12.1. The zero-order valence-corrected chi connectivity index (χ0v) is 16.9. The van der Waals surface area contributed by atoms with E-state index in [0.717, 1.165) is 22.7 Å². The molecule has 6 heteroatoms. The van der Waals surface area contributed by atoms with Crippen molar-refractivity contribution in [1.29, 1.82) is 0 Å². The molecular weight excluding hydrogens is 378 g/mol. The van der Waals surface area contributed by atoms with Gasteiger partial charge in [0.15, 0.2) is 0 Å². The average molecular weight is 403 g/mol. The summed E-state index contributed by atoms with van der Waals surface area (Å²) in [6.45, 7) is 0.134. The van der Waals surface area contributed by atoms with Crippen molar-refractivity contribution in [1.82, 2.24) is 0 Å². The lowest BCUT2D eigenvalue weighted by Gasteiger charge is -2.10. The van der Waals surface area contributed by atoms with Gasteiger partial charge in [0.1, 0.15) is 5.75 Å². The fourth-order valence-corrected chi connectivity index (χ4v) is 2.86. The summed E-state index contributed by atoms with van der Waals surface area (Å²) in [6, 6.07) is 24.3. The Balaban J connectivity index is 1.41. The molecule has 0 fully saturated rings. The predicted molar refractivity (Wildman–Crippen MR) is 120 cm³/mol. The molecule has 3 N–H and O–H groups in total. The Morgan fingerprint density at radius 3 is 1.93 bits per heavy atom. The molecule has 0 unspecified atom stereocenters. The average Bonchev–Trinajstić information content (AvgIpc) is 2.78. The molecule has 0 aliphatic carbocycles. The number of anilines is 3. The van der Waals surface area contributed by atoms with E-state index >= 15 is 0 Å². The van der Waals surface area contributed by atoms with Gasteiger partial charge in [-0.05, 0) is 60.5 Å².